The van der Waals surface area contributed by atoms with Crippen LogP contribution in [0.2, 0.25) is 0 Å². The molecule has 5 nitrogen and oxygen atoms in total. The van der Waals surface area contributed by atoms with Crippen LogP contribution in [-0.4, -0.2) is 15.5 Å². The van der Waals surface area contributed by atoms with Crippen LogP contribution < -0.4 is 15.2 Å². The summed E-state index contributed by atoms with van der Waals surface area (Å²) in [5, 5.41) is 0. The van der Waals surface area contributed by atoms with Gasteiger partial charge in [-0.15, -0.1) is 0 Å². The Labute approximate surface area is 124 Å². The van der Waals surface area contributed by atoms with Crippen LogP contribution in [-0.2, 0) is 10.0 Å². The van der Waals surface area contributed by atoms with Crippen molar-refractivity contribution in [3.05, 3.63) is 47.5 Å². The van der Waals surface area contributed by atoms with Crippen molar-refractivity contribution in [1.82, 2.24) is 0 Å². The van der Waals surface area contributed by atoms with Crippen molar-refractivity contribution in [1.29, 1.82) is 0 Å². The molecule has 0 aliphatic carbocycles. The first-order valence-electron chi connectivity index (χ1n) is 6.37. The zero-order valence-electron chi connectivity index (χ0n) is 12.2. The summed E-state index contributed by atoms with van der Waals surface area (Å²) in [5.41, 5.74) is 8.63. The van der Waals surface area contributed by atoms with E-state index in [9.17, 15) is 8.42 Å². The van der Waals surface area contributed by atoms with Crippen molar-refractivity contribution in [3.8, 4) is 5.75 Å². The Kier molecular flexibility index (Phi) is 4.09. The average Bonchev–Trinajstić information content (AvgIpc) is 2.48. The molecule has 0 aliphatic heterocycles. The van der Waals surface area contributed by atoms with Crippen molar-refractivity contribution < 1.29 is 13.2 Å². The lowest BCUT2D eigenvalue weighted by Crippen LogP contribution is -2.14. The normalized spacial score (nSPS) is 11.2. The Balaban J connectivity index is 2.35. The van der Waals surface area contributed by atoms with Gasteiger partial charge in [0.05, 0.1) is 17.7 Å². The summed E-state index contributed by atoms with van der Waals surface area (Å²) in [6.07, 6.45) is 0. The monoisotopic (exact) mass is 306 g/mol. The molecule has 0 heterocycles. The number of anilines is 2. The van der Waals surface area contributed by atoms with Gasteiger partial charge in [-0.25, -0.2) is 8.42 Å². The summed E-state index contributed by atoms with van der Waals surface area (Å²) in [6, 6.07) is 9.69. The van der Waals surface area contributed by atoms with Crippen LogP contribution in [0.5, 0.6) is 5.75 Å². The fourth-order valence-electron chi connectivity index (χ4n) is 1.93. The molecule has 2 aromatic carbocycles. The maximum absolute atomic E-state index is 12.4. The van der Waals surface area contributed by atoms with Gasteiger partial charge >= 0.3 is 0 Å². The average molecular weight is 306 g/mol. The number of ether oxygens (including phenoxy) is 1. The van der Waals surface area contributed by atoms with E-state index in [0.717, 1.165) is 5.56 Å². The minimum Gasteiger partial charge on any atom is -0.497 e. The molecule has 0 aliphatic rings. The van der Waals surface area contributed by atoms with Crippen LogP contribution in [0.1, 0.15) is 11.1 Å². The maximum Gasteiger partial charge on any atom is 0.261 e. The molecule has 0 radical (unpaired) electrons. The molecule has 3 N–H and O–H groups in total. The van der Waals surface area contributed by atoms with E-state index in [0.29, 0.717) is 22.7 Å². The predicted molar refractivity (Wildman–Crippen MR) is 84.1 cm³/mol. The second-order valence-corrected chi connectivity index (χ2v) is 6.43. The highest BCUT2D eigenvalue weighted by atomic mass is 32.2. The minimum absolute atomic E-state index is 0.168. The Morgan fingerprint density at radius 2 is 1.67 bits per heavy atom. The highest BCUT2D eigenvalue weighted by molar-refractivity contribution is 7.92. The van der Waals surface area contributed by atoms with Crippen molar-refractivity contribution in [2.45, 2.75) is 18.7 Å². The van der Waals surface area contributed by atoms with Gasteiger partial charge in [0.1, 0.15) is 5.75 Å². The number of hydrogen-bond donors (Lipinski definition) is 2. The molecule has 112 valence electrons. The molecule has 0 amide bonds. The number of nitrogens with one attached hydrogen (secondary N) is 1. The lowest BCUT2D eigenvalue weighted by Gasteiger charge is -2.13. The van der Waals surface area contributed by atoms with Gasteiger partial charge in [0.25, 0.3) is 10.0 Å². The SMILES string of the molecule is COc1ccc(S(=O)(=O)Nc2ccc(C)c(N)c2C)cc1. The summed E-state index contributed by atoms with van der Waals surface area (Å²) < 4.78 is 32.3. The molecule has 0 fully saturated rings. The molecule has 0 aromatic heterocycles. The lowest BCUT2D eigenvalue weighted by molar-refractivity contribution is 0.414. The lowest BCUT2D eigenvalue weighted by atomic mass is 10.1. The Bertz CT molecular complexity index is 753. The summed E-state index contributed by atoms with van der Waals surface area (Å²) in [4.78, 5) is 0.168. The van der Waals surface area contributed by atoms with Crippen LogP contribution in [0.15, 0.2) is 41.3 Å². The van der Waals surface area contributed by atoms with Crippen LogP contribution in [0, 0.1) is 13.8 Å². The summed E-state index contributed by atoms with van der Waals surface area (Å²) in [7, 11) is -2.12. The van der Waals surface area contributed by atoms with Crippen molar-refractivity contribution in [3.63, 3.8) is 0 Å². The molecular weight excluding hydrogens is 288 g/mol. The van der Waals surface area contributed by atoms with Crippen molar-refractivity contribution in [2.24, 2.45) is 0 Å². The zero-order chi connectivity index (χ0) is 15.6. The molecule has 2 rings (SSSR count). The Hall–Kier alpha value is -2.21. The van der Waals surface area contributed by atoms with E-state index >= 15 is 0 Å². The Morgan fingerprint density at radius 1 is 1.05 bits per heavy atom. The smallest absolute Gasteiger partial charge is 0.261 e. The summed E-state index contributed by atoms with van der Waals surface area (Å²) in [6.45, 7) is 3.66. The molecule has 0 unspecified atom stereocenters. The third-order valence-electron chi connectivity index (χ3n) is 3.35. The molecule has 0 atom stereocenters. The Morgan fingerprint density at radius 3 is 2.24 bits per heavy atom. The second-order valence-electron chi connectivity index (χ2n) is 4.75. The summed E-state index contributed by atoms with van der Waals surface area (Å²) >= 11 is 0. The topological polar surface area (TPSA) is 81.4 Å². The number of benzene rings is 2. The predicted octanol–water partition coefficient (Wildman–Crippen LogP) is 2.70. The van der Waals surface area contributed by atoms with Gasteiger partial charge in [0, 0.05) is 5.69 Å². The van der Waals surface area contributed by atoms with E-state index in [1.807, 2.05) is 6.92 Å². The van der Waals surface area contributed by atoms with Crippen LogP contribution in [0.4, 0.5) is 11.4 Å². The number of methoxy groups -OCH3 is 1. The number of hydrogen-bond acceptors (Lipinski definition) is 4. The quantitative estimate of drug-likeness (QED) is 0.851. The molecule has 0 saturated carbocycles. The number of aryl methyl sites for hydroxylation is 1. The standard InChI is InChI=1S/C15H18N2O3S/c1-10-4-9-14(11(2)15(10)16)17-21(18,19)13-7-5-12(20-3)6-8-13/h4-9,17H,16H2,1-3H3. The third-order valence-corrected chi connectivity index (χ3v) is 4.73. The maximum atomic E-state index is 12.4. The first-order chi connectivity index (χ1) is 9.85. The largest absolute Gasteiger partial charge is 0.497 e. The van der Waals surface area contributed by atoms with Gasteiger partial charge in [-0.2, -0.15) is 0 Å². The molecule has 2 aromatic rings. The van der Waals surface area contributed by atoms with Gasteiger partial charge in [-0.1, -0.05) is 6.07 Å². The number of nitrogens with two attached hydrogens (primary N) is 1. The minimum atomic E-state index is -3.65. The van der Waals surface area contributed by atoms with Crippen LogP contribution in [0.25, 0.3) is 0 Å². The summed E-state index contributed by atoms with van der Waals surface area (Å²) in [5.74, 6) is 0.602. The van der Waals surface area contributed by atoms with Crippen LogP contribution >= 0.6 is 0 Å². The van der Waals surface area contributed by atoms with E-state index < -0.39 is 10.0 Å². The molecular formula is C15H18N2O3S. The van der Waals surface area contributed by atoms with E-state index in [4.69, 9.17) is 10.5 Å². The van der Waals surface area contributed by atoms with Gasteiger partial charge in [0.2, 0.25) is 0 Å². The van der Waals surface area contributed by atoms with E-state index in [-0.39, 0.29) is 4.90 Å². The van der Waals surface area contributed by atoms with Gasteiger partial charge in [0.15, 0.2) is 0 Å². The number of nitrogen functional groups attached to an aromatic ring is 1. The molecule has 0 bridgehead atoms. The molecule has 21 heavy (non-hydrogen) atoms. The first-order valence-corrected chi connectivity index (χ1v) is 7.86. The van der Waals surface area contributed by atoms with E-state index in [1.165, 1.54) is 19.2 Å². The number of sulfonamides is 1. The third kappa shape index (κ3) is 3.11. The highest BCUT2D eigenvalue weighted by Gasteiger charge is 2.16. The van der Waals surface area contributed by atoms with E-state index in [1.54, 1.807) is 31.2 Å². The van der Waals surface area contributed by atoms with Crippen molar-refractivity contribution >= 4 is 21.4 Å². The molecule has 0 spiro atoms. The van der Waals surface area contributed by atoms with Gasteiger partial charge < -0.3 is 10.5 Å². The van der Waals surface area contributed by atoms with Gasteiger partial charge in [-0.3, -0.25) is 4.72 Å². The van der Waals surface area contributed by atoms with Crippen molar-refractivity contribution in [2.75, 3.05) is 17.6 Å². The fraction of sp³-hybridized carbons (Fsp3) is 0.200. The molecule has 6 heteroatoms. The highest BCUT2D eigenvalue weighted by Crippen LogP contribution is 2.27. The van der Waals surface area contributed by atoms with Crippen LogP contribution in [0.3, 0.4) is 0 Å². The second kappa shape index (κ2) is 5.65. The fourth-order valence-corrected chi connectivity index (χ4v) is 3.06. The van der Waals surface area contributed by atoms with Gasteiger partial charge in [-0.05, 0) is 55.3 Å². The van der Waals surface area contributed by atoms with E-state index in [2.05, 4.69) is 4.72 Å². The first kappa shape index (κ1) is 15.2. The number of rotatable bonds is 4. The zero-order valence-corrected chi connectivity index (χ0v) is 13.0. The molecule has 0 saturated heterocycles.